The number of amides is 1. The van der Waals surface area contributed by atoms with E-state index < -0.39 is 5.91 Å². The van der Waals surface area contributed by atoms with Crippen molar-refractivity contribution in [3.63, 3.8) is 0 Å². The fraction of sp³-hybridized carbons (Fsp3) is 0.458. The quantitative estimate of drug-likeness (QED) is 0.522. The van der Waals surface area contributed by atoms with Crippen molar-refractivity contribution < 1.29 is 19.4 Å². The minimum absolute atomic E-state index is 0.0615. The van der Waals surface area contributed by atoms with Gasteiger partial charge in [-0.25, -0.2) is 0 Å². The van der Waals surface area contributed by atoms with Crippen LogP contribution in [0.25, 0.3) is 0 Å². The van der Waals surface area contributed by atoms with E-state index in [1.165, 1.54) is 16.7 Å². The second-order valence-electron chi connectivity index (χ2n) is 7.63. The van der Waals surface area contributed by atoms with Crippen LogP contribution in [0.4, 0.5) is 0 Å². The van der Waals surface area contributed by atoms with E-state index in [0.29, 0.717) is 18.0 Å². The van der Waals surface area contributed by atoms with Crippen molar-refractivity contribution in [3.05, 3.63) is 58.7 Å². The predicted octanol–water partition coefficient (Wildman–Crippen LogP) is 2.99. The van der Waals surface area contributed by atoms with Crippen molar-refractivity contribution in [1.82, 2.24) is 4.90 Å². The maximum atomic E-state index is 11.2. The molecule has 0 saturated heterocycles. The summed E-state index contributed by atoms with van der Waals surface area (Å²) < 4.78 is 11.5. The Morgan fingerprint density at radius 3 is 2.43 bits per heavy atom. The van der Waals surface area contributed by atoms with E-state index in [1.54, 1.807) is 19.2 Å². The maximum Gasteiger partial charge on any atom is 0.221 e. The van der Waals surface area contributed by atoms with E-state index in [9.17, 15) is 9.90 Å². The summed E-state index contributed by atoms with van der Waals surface area (Å²) in [5.41, 5.74) is 9.98. The van der Waals surface area contributed by atoms with Gasteiger partial charge in [-0.05, 0) is 68.0 Å². The number of primary amides is 1. The van der Waals surface area contributed by atoms with Gasteiger partial charge < -0.3 is 20.3 Å². The molecule has 6 heteroatoms. The number of hydrogen-bond acceptors (Lipinski definition) is 5. The number of nitrogens with two attached hydrogens (primary N) is 1. The van der Waals surface area contributed by atoms with Gasteiger partial charge >= 0.3 is 0 Å². The van der Waals surface area contributed by atoms with Crippen molar-refractivity contribution in [1.29, 1.82) is 0 Å². The van der Waals surface area contributed by atoms with Crippen molar-refractivity contribution in [3.8, 4) is 11.5 Å². The fourth-order valence-corrected chi connectivity index (χ4v) is 3.43. The number of aryl methyl sites for hydroxylation is 3. The van der Waals surface area contributed by atoms with Gasteiger partial charge in [-0.1, -0.05) is 24.3 Å². The van der Waals surface area contributed by atoms with E-state index in [1.807, 2.05) is 13.0 Å². The molecule has 3 N–H and O–H groups in total. The van der Waals surface area contributed by atoms with E-state index >= 15 is 0 Å². The summed E-state index contributed by atoms with van der Waals surface area (Å²) in [5, 5.41) is 9.49. The minimum atomic E-state index is -0.392. The lowest BCUT2D eigenvalue weighted by Crippen LogP contribution is -2.40. The van der Waals surface area contributed by atoms with Gasteiger partial charge in [0.2, 0.25) is 5.91 Å². The van der Waals surface area contributed by atoms with Crippen LogP contribution in [0.3, 0.4) is 0 Å². The first-order valence-electron chi connectivity index (χ1n) is 10.4. The molecular weight excluding hydrogens is 380 g/mol. The highest BCUT2D eigenvalue weighted by atomic mass is 16.5. The van der Waals surface area contributed by atoms with Gasteiger partial charge in [0.1, 0.15) is 6.23 Å². The highest BCUT2D eigenvalue weighted by Gasteiger charge is 2.17. The van der Waals surface area contributed by atoms with Crippen LogP contribution in [0.2, 0.25) is 0 Å². The predicted molar refractivity (Wildman–Crippen MR) is 119 cm³/mol. The number of aliphatic hydroxyl groups excluding tert-OH is 1. The molecule has 2 aromatic rings. The Labute approximate surface area is 179 Å². The zero-order valence-corrected chi connectivity index (χ0v) is 18.5. The monoisotopic (exact) mass is 414 g/mol. The average molecular weight is 415 g/mol. The number of hydrogen-bond donors (Lipinski definition) is 2. The molecular formula is C24H34N2O4. The molecule has 1 unspecified atom stereocenters. The third kappa shape index (κ3) is 7.04. The smallest absolute Gasteiger partial charge is 0.221 e. The first-order valence-corrected chi connectivity index (χ1v) is 10.4. The first-order chi connectivity index (χ1) is 14.3. The number of carbonyl (C=O) groups is 1. The number of benzene rings is 2. The average Bonchev–Trinajstić information content (AvgIpc) is 2.70. The third-order valence-electron chi connectivity index (χ3n) is 5.29. The Morgan fingerprint density at radius 1 is 1.07 bits per heavy atom. The molecule has 0 heterocycles. The number of methoxy groups -OCH3 is 1. The van der Waals surface area contributed by atoms with Gasteiger partial charge in [-0.2, -0.15) is 0 Å². The summed E-state index contributed by atoms with van der Waals surface area (Å²) in [5.74, 6) is 0.756. The lowest BCUT2D eigenvalue weighted by molar-refractivity contribution is -0.117. The van der Waals surface area contributed by atoms with Gasteiger partial charge in [0, 0.05) is 13.1 Å². The number of aliphatic hydroxyl groups is 1. The van der Waals surface area contributed by atoms with Crippen molar-refractivity contribution in [2.24, 2.45) is 5.73 Å². The molecule has 0 aliphatic heterocycles. The Balaban J connectivity index is 1.99. The molecule has 0 saturated carbocycles. The Hall–Kier alpha value is -2.57. The zero-order valence-electron chi connectivity index (χ0n) is 18.5. The second kappa shape index (κ2) is 11.6. The molecule has 0 radical (unpaired) electrons. The Morgan fingerprint density at radius 2 is 1.80 bits per heavy atom. The molecule has 0 aliphatic carbocycles. The number of rotatable bonds is 12. The fourth-order valence-electron chi connectivity index (χ4n) is 3.43. The normalized spacial score (nSPS) is 12.1. The summed E-state index contributed by atoms with van der Waals surface area (Å²) in [7, 11) is 1.57. The molecule has 1 amide bonds. The van der Waals surface area contributed by atoms with Gasteiger partial charge in [-0.15, -0.1) is 0 Å². The van der Waals surface area contributed by atoms with Crippen LogP contribution in [0.1, 0.15) is 35.6 Å². The van der Waals surface area contributed by atoms with Gasteiger partial charge in [0.05, 0.1) is 20.1 Å². The van der Waals surface area contributed by atoms with Crippen LogP contribution in [0.5, 0.6) is 11.5 Å². The summed E-state index contributed by atoms with van der Waals surface area (Å²) in [6, 6.07) is 11.9. The van der Waals surface area contributed by atoms with Gasteiger partial charge in [0.25, 0.3) is 0 Å². The van der Waals surface area contributed by atoms with E-state index in [4.69, 9.17) is 15.2 Å². The standard InChI is InChI=1S/C24H34N2O4/c1-17-7-8-20(14-18(17)2)6-5-11-26(12-13-27)19(3)30-22-10-9-21(16-24(25)28)15-23(22)29-4/h7-10,14-15,19,27H,5-6,11-13,16H2,1-4H3,(H2,25,28). The molecule has 0 fully saturated rings. The SMILES string of the molecule is COc1cc(CC(N)=O)ccc1OC(C)N(CCO)CCCc1ccc(C)c(C)c1. The molecule has 164 valence electrons. The van der Waals surface area contributed by atoms with E-state index in [-0.39, 0.29) is 19.3 Å². The van der Waals surface area contributed by atoms with Crippen molar-refractivity contribution >= 4 is 5.91 Å². The van der Waals surface area contributed by atoms with E-state index in [0.717, 1.165) is 24.9 Å². The van der Waals surface area contributed by atoms with Crippen LogP contribution in [0.15, 0.2) is 36.4 Å². The number of ether oxygens (including phenoxy) is 2. The highest BCUT2D eigenvalue weighted by Crippen LogP contribution is 2.29. The minimum Gasteiger partial charge on any atom is -0.493 e. The highest BCUT2D eigenvalue weighted by molar-refractivity contribution is 5.76. The van der Waals surface area contributed by atoms with Crippen LogP contribution in [0, 0.1) is 13.8 Å². The van der Waals surface area contributed by atoms with Crippen LogP contribution < -0.4 is 15.2 Å². The van der Waals surface area contributed by atoms with Crippen LogP contribution >= 0.6 is 0 Å². The topological polar surface area (TPSA) is 85.0 Å². The lowest BCUT2D eigenvalue weighted by atomic mass is 10.0. The summed E-state index contributed by atoms with van der Waals surface area (Å²) in [6.07, 6.45) is 1.85. The van der Waals surface area contributed by atoms with Crippen molar-refractivity contribution in [2.75, 3.05) is 26.8 Å². The lowest BCUT2D eigenvalue weighted by Gasteiger charge is -2.29. The Kier molecular flexibility index (Phi) is 9.15. The van der Waals surface area contributed by atoms with Crippen LogP contribution in [-0.4, -0.2) is 48.9 Å². The molecule has 0 aromatic heterocycles. The molecule has 2 aromatic carbocycles. The molecule has 2 rings (SSSR count). The molecule has 0 bridgehead atoms. The van der Waals surface area contributed by atoms with Crippen LogP contribution in [-0.2, 0) is 17.6 Å². The second-order valence-corrected chi connectivity index (χ2v) is 7.63. The van der Waals surface area contributed by atoms with Gasteiger partial charge in [0.15, 0.2) is 11.5 Å². The largest absolute Gasteiger partial charge is 0.493 e. The molecule has 1 atom stereocenters. The summed E-state index contributed by atoms with van der Waals surface area (Å²) >= 11 is 0. The summed E-state index contributed by atoms with van der Waals surface area (Å²) in [4.78, 5) is 13.3. The molecule has 6 nitrogen and oxygen atoms in total. The molecule has 0 aliphatic rings. The number of nitrogens with zero attached hydrogens (tertiary/aromatic N) is 1. The Bertz CT molecular complexity index is 838. The molecule has 0 spiro atoms. The first kappa shape index (κ1) is 23.7. The van der Waals surface area contributed by atoms with E-state index in [2.05, 4.69) is 36.9 Å². The summed E-state index contributed by atoms with van der Waals surface area (Å²) in [6.45, 7) is 7.60. The van der Waals surface area contributed by atoms with Gasteiger partial charge in [-0.3, -0.25) is 9.69 Å². The van der Waals surface area contributed by atoms with Crippen molar-refractivity contribution in [2.45, 2.75) is 46.3 Å². The molecule has 30 heavy (non-hydrogen) atoms. The number of carbonyl (C=O) groups excluding carboxylic acids is 1. The maximum absolute atomic E-state index is 11.2. The zero-order chi connectivity index (χ0) is 22.1. The third-order valence-corrected chi connectivity index (χ3v) is 5.29.